The number of nitrogens with zero attached hydrogens (tertiary/aromatic N) is 3. The Labute approximate surface area is 213 Å². The summed E-state index contributed by atoms with van der Waals surface area (Å²) in [5.74, 6) is 0.150. The van der Waals surface area contributed by atoms with Crippen LogP contribution in [0.1, 0.15) is 23.7 Å². The van der Waals surface area contributed by atoms with Crippen LogP contribution in [0, 0.1) is 0 Å². The van der Waals surface area contributed by atoms with Gasteiger partial charge in [0.05, 0.1) is 24.6 Å². The lowest BCUT2D eigenvalue weighted by molar-refractivity contribution is -0.136. The van der Waals surface area contributed by atoms with Gasteiger partial charge in [-0.05, 0) is 53.3 Å². The van der Waals surface area contributed by atoms with E-state index in [0.717, 1.165) is 44.9 Å². The third-order valence-electron chi connectivity index (χ3n) is 6.84. The van der Waals surface area contributed by atoms with Gasteiger partial charge in [0.15, 0.2) is 0 Å². The minimum atomic E-state index is -0.900. The first-order valence-corrected chi connectivity index (χ1v) is 12.2. The van der Waals surface area contributed by atoms with E-state index in [4.69, 9.17) is 20.3 Å². The molecule has 3 N–H and O–H groups in total. The number of pyridine rings is 1. The summed E-state index contributed by atoms with van der Waals surface area (Å²) >= 11 is 0. The number of carboxylic acid groups (broad SMARTS) is 1. The van der Waals surface area contributed by atoms with Crippen molar-refractivity contribution in [2.24, 2.45) is 0 Å². The normalized spacial score (nSPS) is 15.4. The number of para-hydroxylation sites is 1. The van der Waals surface area contributed by atoms with Gasteiger partial charge in [0.25, 0.3) is 0 Å². The quantitative estimate of drug-likeness (QED) is 0.327. The number of anilines is 1. The highest BCUT2D eigenvalue weighted by Gasteiger charge is 2.23. The van der Waals surface area contributed by atoms with E-state index in [1.54, 1.807) is 18.3 Å². The average Bonchev–Trinajstić information content (AvgIpc) is 3.56. The lowest BCUT2D eigenvalue weighted by Crippen LogP contribution is -2.11. The monoisotopic (exact) mass is 494 g/mol. The molecule has 0 bridgehead atoms. The van der Waals surface area contributed by atoms with Crippen LogP contribution in [0.25, 0.3) is 32.8 Å². The summed E-state index contributed by atoms with van der Waals surface area (Å²) in [5, 5.41) is 17.2. The molecule has 1 fully saturated rings. The third-order valence-corrected chi connectivity index (χ3v) is 6.84. The van der Waals surface area contributed by atoms with E-state index in [-0.39, 0.29) is 19.1 Å². The SMILES string of the molecule is Nc1nccc2ccc(-c3ccc4c(c3)c(COc3ccccc3CC(=O)O)nn4C3CCOC3)cc12. The minimum absolute atomic E-state index is 0.102. The maximum atomic E-state index is 11.3. The molecular weight excluding hydrogens is 468 g/mol. The number of aromatic nitrogens is 3. The molecule has 8 heteroatoms. The second-order valence-electron chi connectivity index (χ2n) is 9.24. The molecule has 1 unspecified atom stereocenters. The summed E-state index contributed by atoms with van der Waals surface area (Å²) < 4.78 is 13.8. The molecule has 0 spiro atoms. The van der Waals surface area contributed by atoms with Crippen LogP contribution in [0.15, 0.2) is 72.9 Å². The fourth-order valence-electron chi connectivity index (χ4n) is 4.95. The molecule has 1 aliphatic heterocycles. The number of carboxylic acids is 1. The summed E-state index contributed by atoms with van der Waals surface area (Å²) in [6.07, 6.45) is 2.51. The van der Waals surface area contributed by atoms with Gasteiger partial charge in [-0.1, -0.05) is 36.4 Å². The van der Waals surface area contributed by atoms with E-state index in [0.29, 0.717) is 30.3 Å². The Morgan fingerprint density at radius 1 is 1.08 bits per heavy atom. The highest BCUT2D eigenvalue weighted by atomic mass is 16.5. The maximum Gasteiger partial charge on any atom is 0.307 e. The number of nitrogens with two attached hydrogens (primary N) is 1. The summed E-state index contributed by atoms with van der Waals surface area (Å²) in [5.41, 5.74) is 10.6. The van der Waals surface area contributed by atoms with E-state index >= 15 is 0 Å². The van der Waals surface area contributed by atoms with Crippen molar-refractivity contribution < 1.29 is 19.4 Å². The zero-order chi connectivity index (χ0) is 25.4. The first-order chi connectivity index (χ1) is 18.1. The van der Waals surface area contributed by atoms with Crippen molar-refractivity contribution in [3.63, 3.8) is 0 Å². The summed E-state index contributed by atoms with van der Waals surface area (Å²) in [4.78, 5) is 15.5. The van der Waals surface area contributed by atoms with Crippen molar-refractivity contribution in [2.75, 3.05) is 18.9 Å². The molecule has 0 aliphatic carbocycles. The molecule has 6 rings (SSSR count). The predicted molar refractivity (Wildman–Crippen MR) is 141 cm³/mol. The molecule has 186 valence electrons. The van der Waals surface area contributed by atoms with Crippen molar-refractivity contribution >= 4 is 33.5 Å². The smallest absolute Gasteiger partial charge is 0.307 e. The molecule has 8 nitrogen and oxygen atoms in total. The van der Waals surface area contributed by atoms with E-state index < -0.39 is 5.97 Å². The molecule has 3 heterocycles. The number of rotatable bonds is 7. The number of hydrogen-bond donors (Lipinski definition) is 2. The van der Waals surface area contributed by atoms with Crippen LogP contribution in [-0.2, 0) is 22.6 Å². The molecule has 0 amide bonds. The van der Waals surface area contributed by atoms with Crippen molar-refractivity contribution in [3.05, 3.63) is 84.2 Å². The fourth-order valence-corrected chi connectivity index (χ4v) is 4.95. The number of ether oxygens (including phenoxy) is 2. The Hall–Kier alpha value is -4.43. The largest absolute Gasteiger partial charge is 0.487 e. The first-order valence-electron chi connectivity index (χ1n) is 12.2. The Kier molecular flexibility index (Phi) is 5.94. The van der Waals surface area contributed by atoms with E-state index in [9.17, 15) is 9.90 Å². The zero-order valence-corrected chi connectivity index (χ0v) is 20.1. The molecule has 2 aromatic heterocycles. The first kappa shape index (κ1) is 23.0. The van der Waals surface area contributed by atoms with Gasteiger partial charge in [-0.15, -0.1) is 0 Å². The average molecular weight is 495 g/mol. The number of aliphatic carboxylic acids is 1. The number of benzene rings is 3. The lowest BCUT2D eigenvalue weighted by Gasteiger charge is -2.10. The lowest BCUT2D eigenvalue weighted by atomic mass is 10.00. The van der Waals surface area contributed by atoms with Gasteiger partial charge in [0.1, 0.15) is 23.9 Å². The predicted octanol–water partition coefficient (Wildman–Crippen LogP) is 5.00. The highest BCUT2D eigenvalue weighted by Crippen LogP contribution is 2.33. The second-order valence-corrected chi connectivity index (χ2v) is 9.24. The van der Waals surface area contributed by atoms with Crippen LogP contribution < -0.4 is 10.5 Å². The van der Waals surface area contributed by atoms with Crippen molar-refractivity contribution in [1.82, 2.24) is 14.8 Å². The summed E-state index contributed by atoms with van der Waals surface area (Å²) in [6.45, 7) is 1.55. The van der Waals surface area contributed by atoms with Gasteiger partial charge < -0.3 is 20.3 Å². The molecule has 5 aromatic rings. The Balaban J connectivity index is 1.40. The topological polar surface area (TPSA) is 112 Å². The van der Waals surface area contributed by atoms with E-state index in [1.807, 2.05) is 22.9 Å². The summed E-state index contributed by atoms with van der Waals surface area (Å²) in [6, 6.07) is 21.8. The number of nitrogen functional groups attached to an aromatic ring is 1. The molecule has 3 aromatic carbocycles. The number of fused-ring (bicyclic) bond motifs is 2. The van der Waals surface area contributed by atoms with Crippen LogP contribution >= 0.6 is 0 Å². The van der Waals surface area contributed by atoms with Gasteiger partial charge in [-0.3, -0.25) is 9.48 Å². The second kappa shape index (κ2) is 9.55. The molecule has 1 saturated heterocycles. The van der Waals surface area contributed by atoms with Crippen molar-refractivity contribution in [1.29, 1.82) is 0 Å². The van der Waals surface area contributed by atoms with Crippen LogP contribution in [0.5, 0.6) is 5.75 Å². The van der Waals surface area contributed by atoms with Gasteiger partial charge in [-0.25, -0.2) is 4.98 Å². The molecule has 1 atom stereocenters. The van der Waals surface area contributed by atoms with E-state index in [1.165, 1.54) is 0 Å². The van der Waals surface area contributed by atoms with E-state index in [2.05, 4.69) is 41.4 Å². The minimum Gasteiger partial charge on any atom is -0.487 e. The van der Waals surface area contributed by atoms with Gasteiger partial charge in [-0.2, -0.15) is 5.10 Å². The van der Waals surface area contributed by atoms with Crippen molar-refractivity contribution in [3.8, 4) is 16.9 Å². The fraction of sp³-hybridized carbons (Fsp3) is 0.207. The number of carbonyl (C=O) groups is 1. The van der Waals surface area contributed by atoms with Crippen LogP contribution in [0.3, 0.4) is 0 Å². The zero-order valence-electron chi connectivity index (χ0n) is 20.1. The third kappa shape index (κ3) is 4.47. The highest BCUT2D eigenvalue weighted by molar-refractivity contribution is 5.95. The molecule has 1 aliphatic rings. The van der Waals surface area contributed by atoms with Crippen molar-refractivity contribution in [2.45, 2.75) is 25.5 Å². The Morgan fingerprint density at radius 3 is 2.70 bits per heavy atom. The molecular formula is C29H26N4O4. The van der Waals surface area contributed by atoms with Crippen LogP contribution in [0.4, 0.5) is 5.82 Å². The standard InChI is InChI=1S/C29H26N4O4/c30-29-23-13-19(6-5-18(23)9-11-31-29)20-7-8-26-24(14-20)25(32-33(26)22-10-12-36-16-22)17-37-27-4-2-1-3-21(27)15-28(34)35/h1-9,11,13-14,22H,10,12,15-17H2,(H2,30,31)(H,34,35). The Morgan fingerprint density at radius 2 is 1.89 bits per heavy atom. The van der Waals surface area contributed by atoms with Crippen LogP contribution in [0.2, 0.25) is 0 Å². The maximum absolute atomic E-state index is 11.3. The molecule has 0 saturated carbocycles. The Bertz CT molecular complexity index is 1620. The van der Waals surface area contributed by atoms with Gasteiger partial charge >= 0.3 is 5.97 Å². The van der Waals surface area contributed by atoms with Crippen LogP contribution in [-0.4, -0.2) is 39.1 Å². The van der Waals surface area contributed by atoms with Gasteiger partial charge in [0, 0.05) is 29.1 Å². The van der Waals surface area contributed by atoms with Gasteiger partial charge in [0.2, 0.25) is 0 Å². The summed E-state index contributed by atoms with van der Waals surface area (Å²) in [7, 11) is 0. The molecule has 37 heavy (non-hydrogen) atoms. The number of hydrogen-bond acceptors (Lipinski definition) is 6. The molecule has 0 radical (unpaired) electrons.